The zero-order valence-electron chi connectivity index (χ0n) is 21.6. The van der Waals surface area contributed by atoms with Gasteiger partial charge >= 0.3 is 11.9 Å². The maximum Gasteiger partial charge on any atom is 0.337 e. The Morgan fingerprint density at radius 2 is 1.32 bits per heavy atom. The molecule has 41 heavy (non-hydrogen) atoms. The van der Waals surface area contributed by atoms with Crippen LogP contribution in [0.3, 0.4) is 0 Å². The molecule has 0 aliphatic rings. The average molecular weight is 663 g/mol. The zero-order chi connectivity index (χ0) is 29.9. The number of aromatic carboxylic acids is 1. The van der Waals surface area contributed by atoms with Gasteiger partial charge in [0.05, 0.1) is 44.6 Å². The summed E-state index contributed by atoms with van der Waals surface area (Å²) in [6.45, 7) is 0.508. The van der Waals surface area contributed by atoms with E-state index in [1.165, 1.54) is 6.07 Å². The minimum Gasteiger partial charge on any atom is -0.490 e. The molecule has 1 unspecified atom stereocenters. The van der Waals surface area contributed by atoms with E-state index in [2.05, 4.69) is 5.32 Å². The highest BCUT2D eigenvalue weighted by Gasteiger charge is 2.14. The van der Waals surface area contributed by atoms with E-state index in [4.69, 9.17) is 61.0 Å². The predicted octanol–water partition coefficient (Wildman–Crippen LogP) is 7.75. The molecule has 3 N–H and O–H groups in total. The Balaban J connectivity index is 1.40. The number of benzene rings is 3. The maximum atomic E-state index is 12.4. The van der Waals surface area contributed by atoms with Gasteiger partial charge in [-0.15, -0.1) is 0 Å². The normalized spacial score (nSPS) is 11.6. The largest absolute Gasteiger partial charge is 0.490 e. The summed E-state index contributed by atoms with van der Waals surface area (Å²) in [4.78, 5) is 22.2. The molecule has 13 heteroatoms. The van der Waals surface area contributed by atoms with Crippen LogP contribution in [0.4, 0.5) is 11.4 Å². The number of halogens is 4. The summed E-state index contributed by atoms with van der Waals surface area (Å²) in [6.07, 6.45) is 1.29. The van der Waals surface area contributed by atoms with E-state index < -0.39 is 22.7 Å². The third-order valence-electron chi connectivity index (χ3n) is 5.65. The molecule has 0 fully saturated rings. The predicted molar refractivity (Wildman–Crippen MR) is 164 cm³/mol. The number of aliphatic carboxylic acids is 1. The van der Waals surface area contributed by atoms with Crippen LogP contribution >= 0.6 is 46.4 Å². The molecule has 220 valence electrons. The van der Waals surface area contributed by atoms with Gasteiger partial charge in [-0.2, -0.15) is 0 Å². The summed E-state index contributed by atoms with van der Waals surface area (Å²) in [5.41, 5.74) is 1.71. The van der Waals surface area contributed by atoms with Crippen LogP contribution in [0.25, 0.3) is 0 Å². The molecule has 0 spiro atoms. The number of para-hydroxylation sites is 1. The molecule has 3 aromatic rings. The fourth-order valence-electron chi connectivity index (χ4n) is 3.74. The molecule has 8 nitrogen and oxygen atoms in total. The van der Waals surface area contributed by atoms with E-state index in [1.807, 2.05) is 0 Å². The van der Waals surface area contributed by atoms with E-state index in [0.717, 1.165) is 0 Å². The number of anilines is 2. The van der Waals surface area contributed by atoms with Crippen molar-refractivity contribution in [2.75, 3.05) is 30.0 Å². The Kier molecular flexibility index (Phi) is 12.9. The molecule has 0 radical (unpaired) electrons. The average Bonchev–Trinajstić information content (AvgIpc) is 2.90. The Morgan fingerprint density at radius 1 is 0.805 bits per heavy atom. The lowest BCUT2D eigenvalue weighted by atomic mass is 10.1. The lowest BCUT2D eigenvalue weighted by Crippen LogP contribution is -2.10. The van der Waals surface area contributed by atoms with Gasteiger partial charge in [-0.1, -0.05) is 58.5 Å². The molecular weight excluding hydrogens is 636 g/mol. The summed E-state index contributed by atoms with van der Waals surface area (Å²) >= 11 is 25.2. The quantitative estimate of drug-likeness (QED) is 0.133. The van der Waals surface area contributed by atoms with E-state index in [9.17, 15) is 18.9 Å². The van der Waals surface area contributed by atoms with Crippen molar-refractivity contribution in [3.8, 4) is 11.5 Å². The topological polar surface area (TPSA) is 122 Å². The molecule has 0 heterocycles. The first-order chi connectivity index (χ1) is 19.5. The first-order valence-electron chi connectivity index (χ1n) is 12.4. The minimum atomic E-state index is -1.11. The maximum absolute atomic E-state index is 12.4. The van der Waals surface area contributed by atoms with Gasteiger partial charge in [0.1, 0.15) is 0 Å². The van der Waals surface area contributed by atoms with Gasteiger partial charge in [-0.25, -0.2) is 4.79 Å². The van der Waals surface area contributed by atoms with Crippen LogP contribution in [0.5, 0.6) is 11.5 Å². The van der Waals surface area contributed by atoms with Crippen molar-refractivity contribution in [1.29, 1.82) is 0 Å². The third kappa shape index (κ3) is 10.3. The number of carbonyl (C=O) groups is 2. The fourth-order valence-corrected chi connectivity index (χ4v) is 6.06. The summed E-state index contributed by atoms with van der Waals surface area (Å²) in [6, 6.07) is 12.9. The molecule has 0 aliphatic carbocycles. The molecule has 3 aromatic carbocycles. The number of rotatable bonds is 16. The summed E-state index contributed by atoms with van der Waals surface area (Å²) in [5, 5.41) is 22.3. The molecule has 0 bridgehead atoms. The molecular formula is C28H27Cl4NO7S. The summed E-state index contributed by atoms with van der Waals surface area (Å²) in [5.74, 6) is -0.564. The van der Waals surface area contributed by atoms with Gasteiger partial charge in [0, 0.05) is 34.4 Å². The Labute approximate surface area is 259 Å². The van der Waals surface area contributed by atoms with E-state index in [-0.39, 0.29) is 41.0 Å². The first kappa shape index (κ1) is 32.8. The van der Waals surface area contributed by atoms with Gasteiger partial charge in [0.2, 0.25) is 0 Å². The monoisotopic (exact) mass is 661 g/mol. The molecule has 0 aromatic heterocycles. The number of nitrogens with one attached hydrogen (secondary N) is 1. The highest BCUT2D eigenvalue weighted by atomic mass is 35.5. The highest BCUT2D eigenvalue weighted by Crippen LogP contribution is 2.37. The van der Waals surface area contributed by atoms with Crippen molar-refractivity contribution in [3.63, 3.8) is 0 Å². The number of aryl methyl sites for hydroxylation is 1. The van der Waals surface area contributed by atoms with E-state index in [0.29, 0.717) is 63.5 Å². The van der Waals surface area contributed by atoms with Crippen LogP contribution in [0, 0.1) is 0 Å². The standard InChI is InChI=1S/C28H27Cl4NO7S/c29-20-13-17(7-8-25(34)35)14-21(30)26(20)39-9-3-11-41(38)12-4-10-40-27-22(31)15-18(16-23(27)32)33-24-6-2-1-5-19(24)28(36)37/h1-2,5-6,13-16,33H,3-4,7-12H2,(H,34,35)(H,36,37). The van der Waals surface area contributed by atoms with Crippen LogP contribution in [0.2, 0.25) is 20.1 Å². The molecule has 1 atom stereocenters. The lowest BCUT2D eigenvalue weighted by molar-refractivity contribution is -0.136. The first-order valence-corrected chi connectivity index (χ1v) is 15.4. The van der Waals surface area contributed by atoms with Crippen molar-refractivity contribution in [2.45, 2.75) is 25.7 Å². The summed E-state index contributed by atoms with van der Waals surface area (Å²) in [7, 11) is -1.11. The van der Waals surface area contributed by atoms with Gasteiger partial charge in [-0.05, 0) is 61.2 Å². The van der Waals surface area contributed by atoms with Gasteiger partial charge in [0.25, 0.3) is 0 Å². The van der Waals surface area contributed by atoms with Crippen molar-refractivity contribution in [2.24, 2.45) is 0 Å². The zero-order valence-corrected chi connectivity index (χ0v) is 25.5. The number of hydrogen-bond acceptors (Lipinski definition) is 6. The van der Waals surface area contributed by atoms with Gasteiger partial charge in [-0.3, -0.25) is 9.00 Å². The Morgan fingerprint density at radius 3 is 1.83 bits per heavy atom. The fraction of sp³-hybridized carbons (Fsp3) is 0.286. The highest BCUT2D eigenvalue weighted by molar-refractivity contribution is 7.84. The molecule has 3 rings (SSSR count). The van der Waals surface area contributed by atoms with Crippen molar-refractivity contribution < 1.29 is 33.5 Å². The van der Waals surface area contributed by atoms with Crippen LogP contribution in [-0.2, 0) is 22.0 Å². The van der Waals surface area contributed by atoms with Gasteiger partial charge in [0.15, 0.2) is 11.5 Å². The second kappa shape index (κ2) is 16.1. The smallest absolute Gasteiger partial charge is 0.337 e. The second-order valence-electron chi connectivity index (χ2n) is 8.78. The third-order valence-corrected chi connectivity index (χ3v) is 8.26. The molecule has 0 amide bonds. The van der Waals surface area contributed by atoms with Crippen LogP contribution < -0.4 is 14.8 Å². The van der Waals surface area contributed by atoms with Crippen molar-refractivity contribution in [1.82, 2.24) is 0 Å². The molecule has 0 saturated heterocycles. The number of ether oxygens (including phenoxy) is 2. The molecule has 0 aliphatic heterocycles. The van der Waals surface area contributed by atoms with Gasteiger partial charge < -0.3 is 25.0 Å². The number of carboxylic acids is 2. The van der Waals surface area contributed by atoms with E-state index in [1.54, 1.807) is 42.5 Å². The minimum absolute atomic E-state index is 0.0286. The lowest BCUT2D eigenvalue weighted by Gasteiger charge is -2.14. The van der Waals surface area contributed by atoms with E-state index >= 15 is 0 Å². The van der Waals surface area contributed by atoms with Crippen LogP contribution in [0.1, 0.15) is 35.2 Å². The van der Waals surface area contributed by atoms with Crippen molar-refractivity contribution >= 4 is 80.5 Å². The second-order valence-corrected chi connectivity index (χ2v) is 12.1. The number of hydrogen-bond donors (Lipinski definition) is 3. The SMILES string of the molecule is O=C(O)CCc1cc(Cl)c(OCCCS(=O)CCCOc2c(Cl)cc(Nc3ccccc3C(=O)O)cc2Cl)c(Cl)c1. The van der Waals surface area contributed by atoms with Crippen LogP contribution in [-0.4, -0.2) is 51.1 Å². The van der Waals surface area contributed by atoms with Crippen LogP contribution in [0.15, 0.2) is 48.5 Å². The van der Waals surface area contributed by atoms with Crippen molar-refractivity contribution in [3.05, 3.63) is 79.7 Å². The Bertz CT molecular complexity index is 1370. The summed E-state index contributed by atoms with van der Waals surface area (Å²) < 4.78 is 23.8. The number of carboxylic acid groups (broad SMARTS) is 2. The Hall–Kier alpha value is -2.69. The molecule has 0 saturated carbocycles.